The van der Waals surface area contributed by atoms with E-state index in [1.165, 1.54) is 12.1 Å². The zero-order valence-electron chi connectivity index (χ0n) is 11.8. The van der Waals surface area contributed by atoms with Gasteiger partial charge in [-0.2, -0.15) is 13.2 Å². The van der Waals surface area contributed by atoms with E-state index in [-0.39, 0.29) is 17.7 Å². The number of halogens is 4. The van der Waals surface area contributed by atoms with Gasteiger partial charge in [0.2, 0.25) is 0 Å². The number of amides is 1. The molecule has 0 bridgehead atoms. The van der Waals surface area contributed by atoms with E-state index in [1.54, 1.807) is 6.92 Å². The molecule has 1 aromatic carbocycles. The van der Waals surface area contributed by atoms with Crippen molar-refractivity contribution in [2.75, 3.05) is 13.1 Å². The summed E-state index contributed by atoms with van der Waals surface area (Å²) in [6, 6.07) is 3.66. The number of aromatic carboxylic acids is 1. The van der Waals surface area contributed by atoms with Crippen molar-refractivity contribution >= 4 is 27.8 Å². The van der Waals surface area contributed by atoms with Gasteiger partial charge < -0.3 is 10.0 Å². The number of unbranched alkanes of at least 4 members (excludes halogenated alkanes) is 1. The number of hydrogen-bond donors (Lipinski definition) is 1. The lowest BCUT2D eigenvalue weighted by atomic mass is 10.1. The van der Waals surface area contributed by atoms with E-state index < -0.39 is 24.6 Å². The van der Waals surface area contributed by atoms with Gasteiger partial charge in [0.1, 0.15) is 6.54 Å². The average Bonchev–Trinajstić information content (AvgIpc) is 2.40. The van der Waals surface area contributed by atoms with Crippen LogP contribution in [0.25, 0.3) is 0 Å². The Morgan fingerprint density at radius 2 is 1.82 bits per heavy atom. The standard InChI is InChI=1S/C14H15BrF3NO3/c1-2-3-4-19(8-14(16,17)18)12(20)9-5-10(13(21)22)7-11(15)6-9/h5-7H,2-4,8H2,1H3,(H,21,22). The monoisotopic (exact) mass is 381 g/mol. The van der Waals surface area contributed by atoms with Crippen LogP contribution in [0.3, 0.4) is 0 Å². The molecule has 8 heteroatoms. The summed E-state index contributed by atoms with van der Waals surface area (Å²) < 4.78 is 38.1. The fraction of sp³-hybridized carbons (Fsp3) is 0.429. The van der Waals surface area contributed by atoms with Crippen LogP contribution in [0.2, 0.25) is 0 Å². The smallest absolute Gasteiger partial charge is 0.406 e. The predicted molar refractivity (Wildman–Crippen MR) is 78.0 cm³/mol. The highest BCUT2D eigenvalue weighted by molar-refractivity contribution is 9.10. The van der Waals surface area contributed by atoms with E-state index >= 15 is 0 Å². The van der Waals surface area contributed by atoms with E-state index in [0.29, 0.717) is 22.2 Å². The van der Waals surface area contributed by atoms with Gasteiger partial charge in [0, 0.05) is 16.6 Å². The Kier molecular flexibility index (Phi) is 6.40. The van der Waals surface area contributed by atoms with E-state index in [9.17, 15) is 22.8 Å². The number of carboxylic acid groups (broad SMARTS) is 1. The Labute approximate surface area is 134 Å². The SMILES string of the molecule is CCCCN(CC(F)(F)F)C(=O)c1cc(Br)cc(C(=O)O)c1. The zero-order valence-corrected chi connectivity index (χ0v) is 13.4. The number of nitrogens with zero attached hydrogens (tertiary/aromatic N) is 1. The number of alkyl halides is 3. The topological polar surface area (TPSA) is 57.6 Å². The van der Waals surface area contributed by atoms with Crippen LogP contribution in [0, 0.1) is 0 Å². The molecule has 0 aromatic heterocycles. The van der Waals surface area contributed by atoms with Crippen molar-refractivity contribution in [3.05, 3.63) is 33.8 Å². The molecule has 0 heterocycles. The van der Waals surface area contributed by atoms with Crippen LogP contribution >= 0.6 is 15.9 Å². The number of hydrogen-bond acceptors (Lipinski definition) is 2. The van der Waals surface area contributed by atoms with Crippen LogP contribution < -0.4 is 0 Å². The minimum atomic E-state index is -4.51. The van der Waals surface area contributed by atoms with Crippen LogP contribution in [0.4, 0.5) is 13.2 Å². The molecular weight excluding hydrogens is 367 g/mol. The first-order chi connectivity index (χ1) is 10.1. The lowest BCUT2D eigenvalue weighted by molar-refractivity contribution is -0.140. The van der Waals surface area contributed by atoms with Crippen LogP contribution in [0.15, 0.2) is 22.7 Å². The molecule has 0 spiro atoms. The molecule has 0 fully saturated rings. The summed E-state index contributed by atoms with van der Waals surface area (Å²) in [7, 11) is 0. The normalized spacial score (nSPS) is 11.3. The highest BCUT2D eigenvalue weighted by Gasteiger charge is 2.33. The summed E-state index contributed by atoms with van der Waals surface area (Å²) in [4.78, 5) is 23.9. The highest BCUT2D eigenvalue weighted by Crippen LogP contribution is 2.21. The first-order valence-electron chi connectivity index (χ1n) is 6.54. The molecule has 4 nitrogen and oxygen atoms in total. The number of carboxylic acids is 1. The van der Waals surface area contributed by atoms with Crippen molar-refractivity contribution in [3.8, 4) is 0 Å². The van der Waals surface area contributed by atoms with E-state index in [4.69, 9.17) is 5.11 Å². The van der Waals surface area contributed by atoms with Gasteiger partial charge >= 0.3 is 12.1 Å². The Balaban J connectivity index is 3.09. The number of carbonyl (C=O) groups excluding carboxylic acids is 1. The van der Waals surface area contributed by atoms with E-state index in [2.05, 4.69) is 15.9 Å². The summed E-state index contributed by atoms with van der Waals surface area (Å²) in [6.07, 6.45) is -3.44. The summed E-state index contributed by atoms with van der Waals surface area (Å²) in [5.41, 5.74) is -0.257. The fourth-order valence-electron chi connectivity index (χ4n) is 1.84. The maximum atomic E-state index is 12.6. The fourth-order valence-corrected chi connectivity index (χ4v) is 2.33. The van der Waals surface area contributed by atoms with Gasteiger partial charge in [0.05, 0.1) is 5.56 Å². The van der Waals surface area contributed by atoms with Gasteiger partial charge in [-0.3, -0.25) is 4.79 Å². The molecule has 0 aliphatic rings. The molecule has 1 amide bonds. The van der Waals surface area contributed by atoms with Crippen LogP contribution in [0.1, 0.15) is 40.5 Å². The van der Waals surface area contributed by atoms with Gasteiger partial charge in [0.15, 0.2) is 0 Å². The number of carbonyl (C=O) groups is 2. The van der Waals surface area contributed by atoms with Crippen molar-refractivity contribution in [2.24, 2.45) is 0 Å². The number of benzene rings is 1. The highest BCUT2D eigenvalue weighted by atomic mass is 79.9. The number of rotatable bonds is 6. The third-order valence-corrected chi connectivity index (χ3v) is 3.29. The average molecular weight is 382 g/mol. The molecular formula is C14H15BrF3NO3. The Hall–Kier alpha value is -1.57. The molecule has 0 saturated carbocycles. The lowest BCUT2D eigenvalue weighted by Crippen LogP contribution is -2.39. The summed E-state index contributed by atoms with van der Waals surface area (Å²) in [5.74, 6) is -2.10. The van der Waals surface area contributed by atoms with Crippen molar-refractivity contribution < 1.29 is 27.9 Å². The second-order valence-corrected chi connectivity index (χ2v) is 5.64. The Bertz CT molecular complexity index is 561. The van der Waals surface area contributed by atoms with Gasteiger partial charge in [-0.05, 0) is 24.6 Å². The molecule has 122 valence electrons. The third-order valence-electron chi connectivity index (χ3n) is 2.83. The second-order valence-electron chi connectivity index (χ2n) is 4.73. The Morgan fingerprint density at radius 1 is 1.23 bits per heavy atom. The van der Waals surface area contributed by atoms with Gasteiger partial charge in [-0.25, -0.2) is 4.79 Å². The molecule has 0 aliphatic carbocycles. The van der Waals surface area contributed by atoms with E-state index in [0.717, 1.165) is 6.07 Å². The molecule has 0 unspecified atom stereocenters. The molecule has 1 rings (SSSR count). The molecule has 22 heavy (non-hydrogen) atoms. The van der Waals surface area contributed by atoms with Crippen LogP contribution in [-0.2, 0) is 0 Å². The van der Waals surface area contributed by atoms with Gasteiger partial charge in [-0.15, -0.1) is 0 Å². The van der Waals surface area contributed by atoms with Crippen LogP contribution in [-0.4, -0.2) is 41.1 Å². The summed E-state index contributed by atoms with van der Waals surface area (Å²) >= 11 is 3.06. The van der Waals surface area contributed by atoms with Crippen molar-refractivity contribution in [1.82, 2.24) is 4.90 Å². The molecule has 1 N–H and O–H groups in total. The first-order valence-corrected chi connectivity index (χ1v) is 7.33. The third kappa shape index (κ3) is 5.67. The first kappa shape index (κ1) is 18.5. The molecule has 0 saturated heterocycles. The maximum Gasteiger partial charge on any atom is 0.406 e. The second kappa shape index (κ2) is 7.62. The molecule has 0 radical (unpaired) electrons. The summed E-state index contributed by atoms with van der Waals surface area (Å²) in [5, 5.41) is 8.96. The minimum absolute atomic E-state index is 0.0379. The molecule has 0 atom stereocenters. The lowest BCUT2D eigenvalue weighted by Gasteiger charge is -2.24. The van der Waals surface area contributed by atoms with Crippen molar-refractivity contribution in [1.29, 1.82) is 0 Å². The van der Waals surface area contributed by atoms with Crippen molar-refractivity contribution in [2.45, 2.75) is 25.9 Å². The quantitative estimate of drug-likeness (QED) is 0.811. The Morgan fingerprint density at radius 3 is 2.32 bits per heavy atom. The molecule has 1 aromatic rings. The zero-order chi connectivity index (χ0) is 16.9. The maximum absolute atomic E-state index is 12.6. The van der Waals surface area contributed by atoms with Crippen molar-refractivity contribution in [3.63, 3.8) is 0 Å². The largest absolute Gasteiger partial charge is 0.478 e. The van der Waals surface area contributed by atoms with E-state index in [1.807, 2.05) is 0 Å². The predicted octanol–water partition coefficient (Wildman–Crippen LogP) is 3.95. The van der Waals surface area contributed by atoms with Gasteiger partial charge in [0.25, 0.3) is 5.91 Å². The summed E-state index contributed by atoms with van der Waals surface area (Å²) in [6.45, 7) is 0.405. The molecule has 0 aliphatic heterocycles. The van der Waals surface area contributed by atoms with Gasteiger partial charge in [-0.1, -0.05) is 29.3 Å². The van der Waals surface area contributed by atoms with Crippen LogP contribution in [0.5, 0.6) is 0 Å². The minimum Gasteiger partial charge on any atom is -0.478 e.